The summed E-state index contributed by atoms with van der Waals surface area (Å²) in [5.41, 5.74) is 10.6. The minimum Gasteiger partial charge on any atom is -0.308 e. The normalized spacial score (nSPS) is 16.3. The van der Waals surface area contributed by atoms with Crippen LogP contribution in [-0.2, 0) is 0 Å². The quantitative estimate of drug-likeness (QED) is 0.155. The van der Waals surface area contributed by atoms with E-state index in [0.29, 0.717) is 70.7 Å². The van der Waals surface area contributed by atoms with Gasteiger partial charge in [0.2, 0.25) is 0 Å². The minimum absolute atomic E-state index is 0.313. The van der Waals surface area contributed by atoms with Gasteiger partial charge in [-0.1, -0.05) is 127 Å². The van der Waals surface area contributed by atoms with Crippen LogP contribution in [0.15, 0.2) is 206 Å². The summed E-state index contributed by atoms with van der Waals surface area (Å²) in [6.45, 7) is 0. The Labute approximate surface area is 568 Å². The molecule has 0 N–H and O–H groups in total. The second-order valence-corrected chi connectivity index (χ2v) is 30.1. The maximum atomic E-state index is 16.0. The summed E-state index contributed by atoms with van der Waals surface area (Å²) in [4.78, 5) is 67.0. The fourth-order valence-corrected chi connectivity index (χ4v) is 17.5. The average molecular weight is 1670 g/mol. The van der Waals surface area contributed by atoms with Crippen LogP contribution in [0.1, 0.15) is 67.1 Å². The third-order valence-electron chi connectivity index (χ3n) is 18.2. The summed E-state index contributed by atoms with van der Waals surface area (Å²) in [6, 6.07) is 55.9. The van der Waals surface area contributed by atoms with E-state index in [1.165, 1.54) is 9.80 Å². The lowest BCUT2D eigenvalue weighted by Crippen LogP contribution is -2.47. The predicted molar refractivity (Wildman–Crippen MR) is 379 cm³/mol. The van der Waals surface area contributed by atoms with Crippen LogP contribution in [0.4, 0.5) is 0 Å². The molecule has 4 amide bonds. The summed E-state index contributed by atoms with van der Waals surface area (Å²) >= 11 is 29.8. The fourth-order valence-electron chi connectivity index (χ4n) is 14.6. The lowest BCUT2D eigenvalue weighted by molar-refractivity contribution is 0.0424. The maximum Gasteiger partial charge on any atom is 0.264 e. The monoisotopic (exact) mass is 1660 g/mol. The lowest BCUT2D eigenvalue weighted by Gasteiger charge is -2.36. The average Bonchev–Trinajstić information content (AvgIpc) is 1.58. The maximum absolute atomic E-state index is 16.0. The number of nitrogens with zero attached hydrogens (tertiary/aromatic N) is 6. The molecule has 1 saturated carbocycles. The van der Waals surface area contributed by atoms with Gasteiger partial charge in [-0.25, -0.2) is 0 Å². The molecule has 10 nitrogen and oxygen atoms in total. The van der Waals surface area contributed by atoms with Crippen molar-refractivity contribution >= 4 is 238 Å². The van der Waals surface area contributed by atoms with Crippen LogP contribution >= 0.6 is 127 Å². The molecule has 428 valence electrons. The first-order valence-corrected chi connectivity index (χ1v) is 34.6. The molecule has 0 spiro atoms. The second kappa shape index (κ2) is 20.5. The zero-order chi connectivity index (χ0) is 60.0. The molecule has 17 rings (SSSR count). The van der Waals surface area contributed by atoms with Gasteiger partial charge in [-0.3, -0.25) is 29.0 Å². The molecule has 0 saturated heterocycles. The second-order valence-electron chi connectivity index (χ2n) is 22.8. The SMILES string of the molecule is O=C1c2c(-n3c4ccc(Br)cc4c4cc(Br)ccc43)ccc(-n3c4ccc(Br)cc4c4cc(Br)ccc43)c2C(=O)N1C1CCC(N2C(=O)c3c(-n4c5ccc(Br)cc5c5cc(Br)ccc54)ccc(-n4c5ccc(Br)cc5c5cc(Br)ccc54)c3C2=O)CC1. The van der Waals surface area contributed by atoms with E-state index in [2.05, 4.69) is 194 Å². The van der Waals surface area contributed by atoms with Gasteiger partial charge in [0, 0.05) is 91.0 Å². The fraction of sp³-hybridized carbons (Fsp3) is 0.0857. The number of fused-ring (bicyclic) bond motifs is 14. The molecule has 0 atom stereocenters. The van der Waals surface area contributed by atoms with E-state index in [-0.39, 0.29) is 23.6 Å². The molecular formula is C70H38Br8N6O4. The van der Waals surface area contributed by atoms with Gasteiger partial charge in [0.1, 0.15) is 0 Å². The Morgan fingerprint density at radius 2 is 0.398 bits per heavy atom. The summed E-state index contributed by atoms with van der Waals surface area (Å²) in [6.07, 6.45) is 1.43. The van der Waals surface area contributed by atoms with E-state index in [1.807, 2.05) is 121 Å². The summed E-state index contributed by atoms with van der Waals surface area (Å²) < 4.78 is 15.7. The van der Waals surface area contributed by atoms with Crippen LogP contribution in [0.5, 0.6) is 0 Å². The topological polar surface area (TPSA) is 94.5 Å². The Balaban J connectivity index is 0.797. The van der Waals surface area contributed by atoms with E-state index >= 15 is 19.2 Å². The smallest absolute Gasteiger partial charge is 0.264 e. The van der Waals surface area contributed by atoms with E-state index in [1.54, 1.807) is 0 Å². The van der Waals surface area contributed by atoms with Crippen LogP contribution in [-0.4, -0.2) is 63.8 Å². The van der Waals surface area contributed by atoms with Crippen molar-refractivity contribution in [2.75, 3.05) is 0 Å². The molecule has 88 heavy (non-hydrogen) atoms. The first-order chi connectivity index (χ1) is 42.6. The van der Waals surface area contributed by atoms with Crippen LogP contribution in [0, 0.1) is 0 Å². The molecule has 18 heteroatoms. The molecule has 6 heterocycles. The lowest BCUT2D eigenvalue weighted by atomic mass is 9.89. The van der Waals surface area contributed by atoms with Crippen molar-refractivity contribution in [1.29, 1.82) is 0 Å². The van der Waals surface area contributed by atoms with Gasteiger partial charge < -0.3 is 18.3 Å². The van der Waals surface area contributed by atoms with E-state index in [0.717, 1.165) is 123 Å². The molecule has 0 unspecified atom stereocenters. The number of benzene rings is 10. The van der Waals surface area contributed by atoms with Crippen molar-refractivity contribution in [3.8, 4) is 22.7 Å². The standard InChI is InChI=1S/C70H38Br8N6O4/c71-33-1-13-51-43(25-33)44-26-34(72)2-14-52(44)81(51)59-21-22-60(82-53-15-3-35(73)27-45(53)46-28-36(74)4-16-54(46)82)64-63(59)67(85)79(68(64)86)41-9-11-42(12-10-41)80-69(87)65-61(83-55-17-5-37(75)29-47(55)48-30-38(76)6-18-56(48)83)23-24-62(66(65)70(80)88)84-57-19-7-39(77)31-49(57)50-32-40(78)8-20-58(50)84/h1-8,13-32,41-42H,9-12H2. The first-order valence-electron chi connectivity index (χ1n) is 28.3. The molecular weight excluding hydrogens is 1630 g/mol. The van der Waals surface area contributed by atoms with Gasteiger partial charge in [0.25, 0.3) is 23.6 Å². The van der Waals surface area contributed by atoms with Crippen LogP contribution in [0.25, 0.3) is 110 Å². The number of halogens is 8. The summed E-state index contributed by atoms with van der Waals surface area (Å²) in [7, 11) is 0. The van der Waals surface area contributed by atoms with Gasteiger partial charge in [0.05, 0.1) is 89.1 Å². The summed E-state index contributed by atoms with van der Waals surface area (Å²) in [5.74, 6) is -1.55. The first kappa shape index (κ1) is 55.6. The van der Waals surface area contributed by atoms with Gasteiger partial charge in [-0.15, -0.1) is 0 Å². The van der Waals surface area contributed by atoms with Crippen LogP contribution in [0.2, 0.25) is 0 Å². The molecule has 1 aliphatic carbocycles. The molecule has 2 aliphatic heterocycles. The number of hydrogen-bond acceptors (Lipinski definition) is 4. The van der Waals surface area contributed by atoms with Gasteiger partial charge in [0.15, 0.2) is 0 Å². The van der Waals surface area contributed by atoms with Crippen molar-refractivity contribution in [1.82, 2.24) is 28.1 Å². The van der Waals surface area contributed by atoms with E-state index < -0.39 is 12.1 Å². The number of imide groups is 2. The number of carbonyl (C=O) groups is 4. The van der Waals surface area contributed by atoms with E-state index in [4.69, 9.17) is 0 Å². The van der Waals surface area contributed by atoms with Crippen molar-refractivity contribution in [2.45, 2.75) is 37.8 Å². The zero-order valence-corrected chi connectivity index (χ0v) is 58.2. The third kappa shape index (κ3) is 8.13. The Morgan fingerprint density at radius 1 is 0.239 bits per heavy atom. The van der Waals surface area contributed by atoms with Crippen molar-refractivity contribution in [3.05, 3.63) is 228 Å². The molecule has 14 aromatic rings. The van der Waals surface area contributed by atoms with Crippen LogP contribution in [0.3, 0.4) is 0 Å². The molecule has 4 aromatic heterocycles. The number of hydrogen-bond donors (Lipinski definition) is 0. The van der Waals surface area contributed by atoms with Crippen molar-refractivity contribution in [3.63, 3.8) is 0 Å². The highest BCUT2D eigenvalue weighted by Gasteiger charge is 2.49. The summed E-state index contributed by atoms with van der Waals surface area (Å²) in [5, 5.41) is 7.85. The molecule has 0 radical (unpaired) electrons. The van der Waals surface area contributed by atoms with Gasteiger partial charge in [-0.05, 0) is 196 Å². The Kier molecular flexibility index (Phi) is 13.0. The van der Waals surface area contributed by atoms with Crippen LogP contribution < -0.4 is 0 Å². The zero-order valence-electron chi connectivity index (χ0n) is 45.5. The third-order valence-corrected chi connectivity index (χ3v) is 22.1. The Morgan fingerprint density at radius 3 is 0.557 bits per heavy atom. The van der Waals surface area contributed by atoms with Gasteiger partial charge in [-0.2, -0.15) is 0 Å². The molecule has 3 aliphatic rings. The van der Waals surface area contributed by atoms with Crippen molar-refractivity contribution < 1.29 is 19.2 Å². The molecule has 0 bridgehead atoms. The Hall–Kier alpha value is -6.48. The predicted octanol–water partition coefficient (Wildman–Crippen LogP) is 21.4. The highest BCUT2D eigenvalue weighted by Crippen LogP contribution is 2.48. The van der Waals surface area contributed by atoms with Gasteiger partial charge >= 0.3 is 0 Å². The number of amides is 4. The number of rotatable bonds is 6. The van der Waals surface area contributed by atoms with Crippen molar-refractivity contribution in [2.24, 2.45) is 0 Å². The Bertz CT molecular complexity index is 4690. The largest absolute Gasteiger partial charge is 0.308 e. The highest BCUT2D eigenvalue weighted by atomic mass is 79.9. The number of aromatic nitrogens is 4. The minimum atomic E-state index is -0.548. The molecule has 1 fully saturated rings. The number of carbonyl (C=O) groups excluding carboxylic acids is 4. The highest BCUT2D eigenvalue weighted by molar-refractivity contribution is 9.11. The molecule has 10 aromatic carbocycles. The van der Waals surface area contributed by atoms with E-state index in [9.17, 15) is 0 Å².